The highest BCUT2D eigenvalue weighted by molar-refractivity contribution is 6.28. The van der Waals surface area contributed by atoms with Crippen molar-refractivity contribution in [1.29, 1.82) is 0 Å². The summed E-state index contributed by atoms with van der Waals surface area (Å²) in [6.45, 7) is 0. The van der Waals surface area contributed by atoms with Crippen LogP contribution in [-0.4, -0.2) is 40.3 Å². The highest BCUT2D eigenvalue weighted by Crippen LogP contribution is 2.37. The Bertz CT molecular complexity index is 1620. The fourth-order valence-electron chi connectivity index (χ4n) is 5.45. The van der Waals surface area contributed by atoms with E-state index in [1.54, 1.807) is 24.3 Å². The van der Waals surface area contributed by atoms with Gasteiger partial charge in [-0.25, -0.2) is 14.7 Å². The zero-order valence-corrected chi connectivity index (χ0v) is 21.7. The molecule has 3 aliphatic heterocycles. The summed E-state index contributed by atoms with van der Waals surface area (Å²) in [6.07, 6.45) is 13.0. The van der Waals surface area contributed by atoms with E-state index in [0.29, 0.717) is 36.3 Å². The van der Waals surface area contributed by atoms with Crippen molar-refractivity contribution in [1.82, 2.24) is 4.90 Å². The SMILES string of the molecule is O=C1C=CC(=O)N1C1=CC=C(Cc2ccc(N3C(=O)C=CC3=O)cc2)C1CCc1ccc(N2C(=O)C=CC2=O)cc1. The highest BCUT2D eigenvalue weighted by atomic mass is 16.2. The van der Waals surface area contributed by atoms with Crippen LogP contribution in [0.25, 0.3) is 0 Å². The fourth-order valence-corrected chi connectivity index (χ4v) is 5.45. The van der Waals surface area contributed by atoms with E-state index < -0.39 is 0 Å². The van der Waals surface area contributed by atoms with E-state index in [4.69, 9.17) is 0 Å². The zero-order valence-electron chi connectivity index (χ0n) is 21.7. The highest BCUT2D eigenvalue weighted by Gasteiger charge is 2.35. The normalized spacial score (nSPS) is 19.9. The fraction of sp³-hybridized carbons (Fsp3) is 0.125. The molecule has 0 radical (unpaired) electrons. The van der Waals surface area contributed by atoms with Crippen molar-refractivity contribution >= 4 is 46.8 Å². The molecule has 3 heterocycles. The van der Waals surface area contributed by atoms with Crippen LogP contribution in [0.5, 0.6) is 0 Å². The van der Waals surface area contributed by atoms with E-state index in [0.717, 1.165) is 26.5 Å². The van der Waals surface area contributed by atoms with Crippen molar-refractivity contribution in [2.24, 2.45) is 5.92 Å². The van der Waals surface area contributed by atoms with Gasteiger partial charge in [-0.2, -0.15) is 0 Å². The minimum atomic E-state index is -0.382. The third-order valence-electron chi connectivity index (χ3n) is 7.48. The molecule has 6 rings (SSSR count). The van der Waals surface area contributed by atoms with E-state index in [1.807, 2.05) is 36.4 Å². The van der Waals surface area contributed by atoms with Crippen molar-refractivity contribution in [3.05, 3.63) is 120 Å². The number of rotatable bonds is 8. The molecule has 0 saturated carbocycles. The van der Waals surface area contributed by atoms with Crippen LogP contribution < -0.4 is 9.80 Å². The second-order valence-corrected chi connectivity index (χ2v) is 9.97. The van der Waals surface area contributed by atoms with E-state index in [9.17, 15) is 28.8 Å². The standard InChI is InChI=1S/C32H23N3O6/c36-27-13-14-28(37)33(27)23-7-1-20(2-8-23)5-11-25-22(6-12-26(25)35-31(40)17-18-32(35)41)19-21-3-9-24(10-4-21)34-29(38)15-16-30(34)39/h1-4,6-10,12-18,25H,5,11,19H2. The maximum absolute atomic E-state index is 12.5. The number of anilines is 2. The Balaban J connectivity index is 1.18. The number of nitrogens with zero attached hydrogens (tertiary/aromatic N) is 3. The van der Waals surface area contributed by atoms with Crippen LogP contribution in [0.15, 0.2) is 108 Å². The second kappa shape index (κ2) is 10.3. The number of hydrogen-bond acceptors (Lipinski definition) is 6. The third-order valence-corrected chi connectivity index (χ3v) is 7.48. The first-order valence-corrected chi connectivity index (χ1v) is 13.1. The summed E-state index contributed by atoms with van der Waals surface area (Å²) >= 11 is 0. The molecular weight excluding hydrogens is 522 g/mol. The summed E-state index contributed by atoms with van der Waals surface area (Å²) in [5.74, 6) is -2.49. The number of carbonyl (C=O) groups is 6. The van der Waals surface area contributed by atoms with Gasteiger partial charge in [0.25, 0.3) is 35.4 Å². The first-order valence-electron chi connectivity index (χ1n) is 13.1. The largest absolute Gasteiger partial charge is 0.269 e. The van der Waals surface area contributed by atoms with Crippen LogP contribution in [0.1, 0.15) is 17.5 Å². The molecule has 0 fully saturated rings. The van der Waals surface area contributed by atoms with Gasteiger partial charge in [-0.3, -0.25) is 28.8 Å². The number of allylic oxidation sites excluding steroid dienone is 3. The first kappa shape index (κ1) is 25.8. The van der Waals surface area contributed by atoms with Gasteiger partial charge in [-0.05, 0) is 60.7 Å². The summed E-state index contributed by atoms with van der Waals surface area (Å²) in [5.41, 5.74) is 4.54. The lowest BCUT2D eigenvalue weighted by Crippen LogP contribution is -2.32. The Labute approximate surface area is 235 Å². The molecule has 1 aliphatic carbocycles. The van der Waals surface area contributed by atoms with Crippen molar-refractivity contribution in [2.75, 3.05) is 9.80 Å². The molecule has 2 aromatic rings. The van der Waals surface area contributed by atoms with E-state index in [1.165, 1.54) is 41.4 Å². The summed E-state index contributed by atoms with van der Waals surface area (Å²) in [4.78, 5) is 76.5. The molecule has 0 saturated heterocycles. The van der Waals surface area contributed by atoms with E-state index in [2.05, 4.69) is 0 Å². The summed E-state index contributed by atoms with van der Waals surface area (Å²) in [5, 5.41) is 0. The maximum atomic E-state index is 12.5. The van der Waals surface area contributed by atoms with Gasteiger partial charge in [0.05, 0.1) is 11.4 Å². The van der Waals surface area contributed by atoms with Crippen LogP contribution in [0.2, 0.25) is 0 Å². The predicted molar refractivity (Wildman–Crippen MR) is 149 cm³/mol. The number of hydrogen-bond donors (Lipinski definition) is 0. The average molecular weight is 546 g/mol. The number of amides is 6. The van der Waals surface area contributed by atoms with Crippen LogP contribution in [0.4, 0.5) is 11.4 Å². The molecule has 4 aliphatic rings. The average Bonchev–Trinajstić information content (AvgIpc) is 3.70. The first-order chi connectivity index (χ1) is 19.8. The van der Waals surface area contributed by atoms with Crippen LogP contribution >= 0.6 is 0 Å². The topological polar surface area (TPSA) is 112 Å². The summed E-state index contributed by atoms with van der Waals surface area (Å²) in [6, 6.07) is 14.3. The molecule has 1 unspecified atom stereocenters. The molecule has 0 N–H and O–H groups in total. The Morgan fingerprint density at radius 3 is 1.37 bits per heavy atom. The lowest BCUT2D eigenvalue weighted by molar-refractivity contribution is -0.135. The number of benzene rings is 2. The minimum Gasteiger partial charge on any atom is -0.269 e. The monoisotopic (exact) mass is 545 g/mol. The van der Waals surface area contributed by atoms with Crippen molar-refractivity contribution in [2.45, 2.75) is 19.3 Å². The molecule has 9 nitrogen and oxygen atoms in total. The minimum absolute atomic E-state index is 0.209. The van der Waals surface area contributed by atoms with Crippen LogP contribution in [-0.2, 0) is 41.6 Å². The molecule has 1 atom stereocenters. The Hall–Kier alpha value is -5.44. The molecule has 2 aromatic carbocycles. The molecule has 0 aromatic heterocycles. The van der Waals surface area contributed by atoms with Crippen LogP contribution in [0.3, 0.4) is 0 Å². The van der Waals surface area contributed by atoms with Crippen molar-refractivity contribution < 1.29 is 28.8 Å². The van der Waals surface area contributed by atoms with Crippen molar-refractivity contribution in [3.63, 3.8) is 0 Å². The van der Waals surface area contributed by atoms with Gasteiger partial charge >= 0.3 is 0 Å². The summed E-state index contributed by atoms with van der Waals surface area (Å²) < 4.78 is 0. The van der Waals surface area contributed by atoms with E-state index in [-0.39, 0.29) is 41.4 Å². The molecule has 0 spiro atoms. The quantitative estimate of drug-likeness (QED) is 0.472. The van der Waals surface area contributed by atoms with Gasteiger partial charge in [-0.15, -0.1) is 0 Å². The number of aryl methyl sites for hydroxylation is 1. The zero-order chi connectivity index (χ0) is 28.7. The van der Waals surface area contributed by atoms with Crippen LogP contribution in [0, 0.1) is 5.92 Å². The third kappa shape index (κ3) is 4.78. The van der Waals surface area contributed by atoms with Gasteiger partial charge < -0.3 is 0 Å². The number of carbonyl (C=O) groups excluding carboxylic acids is 6. The Morgan fingerprint density at radius 2 is 0.902 bits per heavy atom. The van der Waals surface area contributed by atoms with Gasteiger partial charge in [0.2, 0.25) is 0 Å². The molecule has 6 amide bonds. The van der Waals surface area contributed by atoms with Gasteiger partial charge in [0.15, 0.2) is 0 Å². The predicted octanol–water partition coefficient (Wildman–Crippen LogP) is 3.09. The number of imide groups is 3. The summed E-state index contributed by atoms with van der Waals surface area (Å²) in [7, 11) is 0. The molecule has 0 bridgehead atoms. The Morgan fingerprint density at radius 1 is 0.488 bits per heavy atom. The van der Waals surface area contributed by atoms with Crippen molar-refractivity contribution in [3.8, 4) is 0 Å². The van der Waals surface area contributed by atoms with Gasteiger partial charge in [0, 0.05) is 48.1 Å². The molecule has 41 heavy (non-hydrogen) atoms. The molecular formula is C32H23N3O6. The molecule has 202 valence electrons. The lowest BCUT2D eigenvalue weighted by Gasteiger charge is -2.25. The smallest absolute Gasteiger partial charge is 0.258 e. The lowest BCUT2D eigenvalue weighted by atomic mass is 9.88. The second-order valence-electron chi connectivity index (χ2n) is 9.97. The van der Waals surface area contributed by atoms with Gasteiger partial charge in [-0.1, -0.05) is 35.9 Å². The van der Waals surface area contributed by atoms with E-state index >= 15 is 0 Å². The van der Waals surface area contributed by atoms with Gasteiger partial charge in [0.1, 0.15) is 0 Å². The molecule has 9 heteroatoms. The Kier molecular flexibility index (Phi) is 6.47. The maximum Gasteiger partial charge on any atom is 0.258 e.